The van der Waals surface area contributed by atoms with Crippen molar-refractivity contribution in [3.63, 3.8) is 0 Å². The van der Waals surface area contributed by atoms with Gasteiger partial charge in [-0.2, -0.15) is 5.10 Å². The third-order valence-electron chi connectivity index (χ3n) is 5.56. The second-order valence-electron chi connectivity index (χ2n) is 7.89. The minimum absolute atomic E-state index is 0.216. The molecule has 0 saturated carbocycles. The van der Waals surface area contributed by atoms with Gasteiger partial charge in [-0.3, -0.25) is 14.3 Å². The van der Waals surface area contributed by atoms with Crippen molar-refractivity contribution in [1.82, 2.24) is 20.0 Å². The van der Waals surface area contributed by atoms with E-state index in [0.29, 0.717) is 22.3 Å². The molecule has 1 atom stereocenters. The number of benzene rings is 2. The molecule has 1 N–H and O–H groups in total. The lowest BCUT2D eigenvalue weighted by molar-refractivity contribution is -0.133. The van der Waals surface area contributed by atoms with Crippen LogP contribution in [0.5, 0.6) is 0 Å². The summed E-state index contributed by atoms with van der Waals surface area (Å²) in [5, 5.41) is 8.56. The Morgan fingerprint density at radius 1 is 1.16 bits per heavy atom. The van der Waals surface area contributed by atoms with Crippen molar-refractivity contribution in [2.45, 2.75) is 39.0 Å². The van der Waals surface area contributed by atoms with Crippen molar-refractivity contribution in [1.29, 1.82) is 0 Å². The van der Waals surface area contributed by atoms with E-state index < -0.39 is 5.54 Å². The zero-order chi connectivity index (χ0) is 22.2. The van der Waals surface area contributed by atoms with Crippen molar-refractivity contribution in [2.75, 3.05) is 0 Å². The van der Waals surface area contributed by atoms with Crippen LogP contribution in [0.4, 0.5) is 0 Å². The van der Waals surface area contributed by atoms with Gasteiger partial charge in [-0.05, 0) is 49.2 Å². The first-order valence-corrected chi connectivity index (χ1v) is 10.7. The first-order chi connectivity index (χ1) is 14.8. The van der Waals surface area contributed by atoms with Crippen LogP contribution in [0, 0.1) is 6.92 Å². The predicted octanol–water partition coefficient (Wildman–Crippen LogP) is 4.23. The molecule has 4 rings (SSSR count). The second kappa shape index (κ2) is 8.36. The minimum Gasteiger partial charge on any atom is -0.350 e. The Labute approximate surface area is 190 Å². The number of nitrogens with one attached hydrogen (secondary N) is 1. The van der Waals surface area contributed by atoms with Gasteiger partial charge in [0.25, 0.3) is 5.91 Å². The van der Waals surface area contributed by atoms with E-state index in [1.807, 2.05) is 37.3 Å². The van der Waals surface area contributed by atoms with Crippen molar-refractivity contribution < 1.29 is 9.59 Å². The number of amides is 2. The van der Waals surface area contributed by atoms with Gasteiger partial charge in [0.15, 0.2) is 0 Å². The first kappa shape index (κ1) is 21.4. The van der Waals surface area contributed by atoms with Crippen molar-refractivity contribution in [2.24, 2.45) is 0 Å². The largest absolute Gasteiger partial charge is 0.350 e. The van der Waals surface area contributed by atoms with Crippen LogP contribution in [0.2, 0.25) is 10.0 Å². The minimum atomic E-state index is -1.14. The van der Waals surface area contributed by atoms with E-state index in [4.69, 9.17) is 23.2 Å². The van der Waals surface area contributed by atoms with Crippen molar-refractivity contribution >= 4 is 35.0 Å². The predicted molar refractivity (Wildman–Crippen MR) is 120 cm³/mol. The Bertz CT molecular complexity index is 1140. The summed E-state index contributed by atoms with van der Waals surface area (Å²) in [6.07, 6.45) is 0. The standard InChI is InChI=1S/C23H22Cl2N4O2/c1-15-11-20-21(30)28(13-17-5-3-4-6-19(17)25)23(2,14-29(20)27-15)22(31)26-12-16-7-9-18(24)10-8-16/h3-11H,12-14H2,1-2H3,(H,26,31)/t23-/m1/s1. The molecule has 2 amide bonds. The molecule has 0 radical (unpaired) electrons. The van der Waals surface area contributed by atoms with E-state index in [9.17, 15) is 9.59 Å². The Balaban J connectivity index is 1.65. The number of halogens is 2. The van der Waals surface area contributed by atoms with Gasteiger partial charge in [-0.25, -0.2) is 0 Å². The smallest absolute Gasteiger partial charge is 0.273 e. The van der Waals surface area contributed by atoms with Gasteiger partial charge < -0.3 is 10.2 Å². The number of carbonyl (C=O) groups is 2. The normalized spacial score (nSPS) is 18.1. The number of hydrogen-bond acceptors (Lipinski definition) is 3. The lowest BCUT2D eigenvalue weighted by atomic mass is 9.94. The third-order valence-corrected chi connectivity index (χ3v) is 6.18. The second-order valence-corrected chi connectivity index (χ2v) is 8.74. The number of aromatic nitrogens is 2. The summed E-state index contributed by atoms with van der Waals surface area (Å²) in [5.41, 5.74) is 1.74. The van der Waals surface area contributed by atoms with E-state index in [0.717, 1.165) is 16.8 Å². The Kier molecular flexibility index (Phi) is 5.77. The summed E-state index contributed by atoms with van der Waals surface area (Å²) < 4.78 is 1.61. The average Bonchev–Trinajstić information content (AvgIpc) is 3.11. The van der Waals surface area contributed by atoms with Gasteiger partial charge in [0.1, 0.15) is 11.2 Å². The summed E-state index contributed by atoms with van der Waals surface area (Å²) in [6, 6.07) is 16.3. The zero-order valence-electron chi connectivity index (χ0n) is 17.2. The highest BCUT2D eigenvalue weighted by atomic mass is 35.5. The number of aryl methyl sites for hydroxylation is 1. The lowest BCUT2D eigenvalue weighted by Crippen LogP contribution is -2.63. The fourth-order valence-electron chi connectivity index (χ4n) is 3.79. The molecule has 0 unspecified atom stereocenters. The van der Waals surface area contributed by atoms with E-state index in [-0.39, 0.29) is 24.9 Å². The Hall–Kier alpha value is -2.83. The Morgan fingerprint density at radius 3 is 2.58 bits per heavy atom. The monoisotopic (exact) mass is 456 g/mol. The summed E-state index contributed by atoms with van der Waals surface area (Å²) >= 11 is 12.3. The van der Waals surface area contributed by atoms with E-state index in [1.54, 1.807) is 40.8 Å². The van der Waals surface area contributed by atoms with E-state index in [2.05, 4.69) is 10.4 Å². The molecule has 0 saturated heterocycles. The van der Waals surface area contributed by atoms with Crippen LogP contribution in [0.15, 0.2) is 54.6 Å². The fraction of sp³-hybridized carbons (Fsp3) is 0.261. The first-order valence-electron chi connectivity index (χ1n) is 9.90. The summed E-state index contributed by atoms with van der Waals surface area (Å²) in [5.74, 6) is -0.516. The average molecular weight is 457 g/mol. The molecule has 0 fully saturated rings. The quantitative estimate of drug-likeness (QED) is 0.624. The highest BCUT2D eigenvalue weighted by Gasteiger charge is 2.47. The summed E-state index contributed by atoms with van der Waals surface area (Å²) in [7, 11) is 0. The van der Waals surface area contributed by atoms with Gasteiger partial charge in [-0.1, -0.05) is 53.5 Å². The van der Waals surface area contributed by atoms with Crippen molar-refractivity contribution in [3.8, 4) is 0 Å². The maximum absolute atomic E-state index is 13.4. The van der Waals surface area contributed by atoms with Gasteiger partial charge in [0, 0.05) is 23.1 Å². The van der Waals surface area contributed by atoms with Gasteiger partial charge in [0.05, 0.1) is 12.2 Å². The van der Waals surface area contributed by atoms with Crippen molar-refractivity contribution in [3.05, 3.63) is 87.2 Å². The zero-order valence-corrected chi connectivity index (χ0v) is 18.7. The SMILES string of the molecule is Cc1cc2n(n1)C[C@](C)(C(=O)NCc1ccc(Cl)cc1)N(Cc1ccccc1Cl)C2=O. The van der Waals surface area contributed by atoms with Crippen LogP contribution in [-0.2, 0) is 24.4 Å². The molecule has 2 aromatic carbocycles. The van der Waals surface area contributed by atoms with Crippen LogP contribution < -0.4 is 5.32 Å². The number of rotatable bonds is 5. The van der Waals surface area contributed by atoms with Crippen LogP contribution >= 0.6 is 23.2 Å². The van der Waals surface area contributed by atoms with Crippen LogP contribution in [-0.4, -0.2) is 32.0 Å². The molecule has 0 bridgehead atoms. The number of hydrogen-bond donors (Lipinski definition) is 1. The molecule has 31 heavy (non-hydrogen) atoms. The van der Waals surface area contributed by atoms with Crippen LogP contribution in [0.3, 0.4) is 0 Å². The van der Waals surface area contributed by atoms with Crippen LogP contribution in [0.25, 0.3) is 0 Å². The Morgan fingerprint density at radius 2 is 1.87 bits per heavy atom. The summed E-state index contributed by atoms with van der Waals surface area (Å²) in [4.78, 5) is 28.4. The number of nitrogens with zero attached hydrogens (tertiary/aromatic N) is 3. The van der Waals surface area contributed by atoms with Gasteiger partial charge >= 0.3 is 0 Å². The molecular weight excluding hydrogens is 435 g/mol. The highest BCUT2D eigenvalue weighted by molar-refractivity contribution is 6.31. The molecule has 160 valence electrons. The number of fused-ring (bicyclic) bond motifs is 1. The van der Waals surface area contributed by atoms with Gasteiger partial charge in [0.2, 0.25) is 5.91 Å². The van der Waals surface area contributed by atoms with Gasteiger partial charge in [-0.15, -0.1) is 0 Å². The highest BCUT2D eigenvalue weighted by Crippen LogP contribution is 2.31. The molecule has 1 aliphatic rings. The lowest BCUT2D eigenvalue weighted by Gasteiger charge is -2.43. The molecule has 1 aromatic heterocycles. The third kappa shape index (κ3) is 4.18. The molecule has 0 aliphatic carbocycles. The summed E-state index contributed by atoms with van der Waals surface area (Å²) in [6.45, 7) is 4.38. The fourth-order valence-corrected chi connectivity index (χ4v) is 4.11. The molecule has 6 nitrogen and oxygen atoms in total. The molecule has 0 spiro atoms. The molecule has 2 heterocycles. The molecule has 1 aliphatic heterocycles. The molecule has 8 heteroatoms. The van der Waals surface area contributed by atoms with E-state index >= 15 is 0 Å². The maximum Gasteiger partial charge on any atom is 0.273 e. The maximum atomic E-state index is 13.4. The topological polar surface area (TPSA) is 67.2 Å². The van der Waals surface area contributed by atoms with Crippen LogP contribution in [0.1, 0.15) is 34.2 Å². The molecular formula is C23H22Cl2N4O2. The number of carbonyl (C=O) groups excluding carboxylic acids is 2. The molecule has 3 aromatic rings. The van der Waals surface area contributed by atoms with E-state index in [1.165, 1.54) is 0 Å².